The van der Waals surface area contributed by atoms with Crippen LogP contribution in [0.1, 0.15) is 5.56 Å². The Morgan fingerprint density at radius 3 is 2.48 bits per heavy atom. The molecule has 6 nitrogen and oxygen atoms in total. The number of nitrogens with zero attached hydrogens (tertiary/aromatic N) is 2. The zero-order valence-electron chi connectivity index (χ0n) is 14.7. The molecule has 0 N–H and O–H groups in total. The summed E-state index contributed by atoms with van der Waals surface area (Å²) < 4.78 is 48.8. The Morgan fingerprint density at radius 1 is 1.16 bits per heavy atom. The number of halogens is 1. The minimum absolute atomic E-state index is 0.0461. The number of benzene rings is 1. The maximum Gasteiger partial charge on any atom is 0.153 e. The molecule has 3 rings (SSSR count). The molecule has 0 amide bonds. The van der Waals surface area contributed by atoms with Crippen LogP contribution in [0.15, 0.2) is 18.2 Å². The summed E-state index contributed by atoms with van der Waals surface area (Å²) in [7, 11) is 0.0754. The van der Waals surface area contributed by atoms with Crippen molar-refractivity contribution in [2.45, 2.75) is 18.6 Å². The first kappa shape index (κ1) is 18.6. The van der Waals surface area contributed by atoms with Crippen LogP contribution in [0.25, 0.3) is 0 Å². The minimum atomic E-state index is -3.07. The Bertz CT molecular complexity index is 713. The number of sulfone groups is 1. The highest BCUT2D eigenvalue weighted by Crippen LogP contribution is 2.29. The largest absolute Gasteiger partial charge is 0.497 e. The molecule has 2 saturated heterocycles. The maximum atomic E-state index is 14.3. The quantitative estimate of drug-likeness (QED) is 0.735. The molecule has 2 fully saturated rings. The fourth-order valence-electron chi connectivity index (χ4n) is 3.78. The SMILES string of the molecule is COCCN1CCN(Cc2ccc(OC)cc2F)[C@H]2CS(=O)(=O)C[C@H]21. The van der Waals surface area contributed by atoms with Gasteiger partial charge in [-0.05, 0) is 6.07 Å². The summed E-state index contributed by atoms with van der Waals surface area (Å²) in [5.74, 6) is 0.465. The van der Waals surface area contributed by atoms with Crippen LogP contribution in [-0.4, -0.2) is 82.3 Å². The van der Waals surface area contributed by atoms with Gasteiger partial charge in [0.15, 0.2) is 9.84 Å². The highest BCUT2D eigenvalue weighted by atomic mass is 32.2. The number of methoxy groups -OCH3 is 2. The van der Waals surface area contributed by atoms with E-state index in [0.29, 0.717) is 31.0 Å². The van der Waals surface area contributed by atoms with Gasteiger partial charge in [0.1, 0.15) is 11.6 Å². The second-order valence-corrected chi connectivity index (χ2v) is 8.82. The third kappa shape index (κ3) is 4.13. The molecule has 140 valence electrons. The number of hydrogen-bond donors (Lipinski definition) is 0. The lowest BCUT2D eigenvalue weighted by Gasteiger charge is -2.44. The van der Waals surface area contributed by atoms with Crippen molar-refractivity contribution in [2.24, 2.45) is 0 Å². The van der Waals surface area contributed by atoms with Gasteiger partial charge < -0.3 is 9.47 Å². The van der Waals surface area contributed by atoms with Gasteiger partial charge in [-0.2, -0.15) is 0 Å². The van der Waals surface area contributed by atoms with Gasteiger partial charge in [0.2, 0.25) is 0 Å². The third-order valence-electron chi connectivity index (χ3n) is 5.12. The highest BCUT2D eigenvalue weighted by Gasteiger charge is 2.46. The van der Waals surface area contributed by atoms with E-state index in [1.54, 1.807) is 19.2 Å². The molecule has 2 heterocycles. The predicted molar refractivity (Wildman–Crippen MR) is 93.0 cm³/mol. The van der Waals surface area contributed by atoms with Crippen LogP contribution in [0.2, 0.25) is 0 Å². The number of hydrogen-bond acceptors (Lipinski definition) is 6. The molecule has 25 heavy (non-hydrogen) atoms. The molecule has 0 radical (unpaired) electrons. The Kier molecular flexibility index (Phi) is 5.62. The van der Waals surface area contributed by atoms with Crippen LogP contribution in [0.4, 0.5) is 4.39 Å². The average molecular weight is 372 g/mol. The molecule has 8 heteroatoms. The van der Waals surface area contributed by atoms with E-state index >= 15 is 0 Å². The highest BCUT2D eigenvalue weighted by molar-refractivity contribution is 7.91. The molecule has 1 aromatic rings. The number of fused-ring (bicyclic) bond motifs is 1. The minimum Gasteiger partial charge on any atom is -0.497 e. The molecular weight excluding hydrogens is 347 g/mol. The van der Waals surface area contributed by atoms with Crippen LogP contribution in [0, 0.1) is 5.82 Å². The number of piperazine rings is 1. The molecule has 1 aromatic carbocycles. The second-order valence-electron chi connectivity index (χ2n) is 6.67. The van der Waals surface area contributed by atoms with Crippen molar-refractivity contribution in [1.29, 1.82) is 0 Å². The summed E-state index contributed by atoms with van der Waals surface area (Å²) in [4.78, 5) is 4.29. The van der Waals surface area contributed by atoms with E-state index in [4.69, 9.17) is 9.47 Å². The molecule has 2 atom stereocenters. The lowest BCUT2D eigenvalue weighted by Crippen LogP contribution is -2.59. The van der Waals surface area contributed by atoms with Crippen molar-refractivity contribution in [3.8, 4) is 5.75 Å². The zero-order valence-corrected chi connectivity index (χ0v) is 15.5. The van der Waals surface area contributed by atoms with Gasteiger partial charge in [-0.15, -0.1) is 0 Å². The van der Waals surface area contributed by atoms with Crippen molar-refractivity contribution in [3.05, 3.63) is 29.6 Å². The normalized spacial score (nSPS) is 26.5. The van der Waals surface area contributed by atoms with E-state index in [0.717, 1.165) is 13.1 Å². The van der Waals surface area contributed by atoms with Crippen molar-refractivity contribution in [2.75, 3.05) is 52.0 Å². The van der Waals surface area contributed by atoms with Gasteiger partial charge in [-0.1, -0.05) is 6.07 Å². The van der Waals surface area contributed by atoms with E-state index in [1.807, 2.05) is 0 Å². The fraction of sp³-hybridized carbons (Fsp3) is 0.647. The molecule has 0 aliphatic carbocycles. The van der Waals surface area contributed by atoms with Crippen LogP contribution in [0.3, 0.4) is 0 Å². The Hall–Kier alpha value is -1.22. The van der Waals surface area contributed by atoms with Gasteiger partial charge in [0, 0.05) is 57.0 Å². The summed E-state index contributed by atoms with van der Waals surface area (Å²) in [6, 6.07) is 4.67. The number of ether oxygens (including phenoxy) is 2. The van der Waals surface area contributed by atoms with E-state index in [-0.39, 0.29) is 29.4 Å². The summed E-state index contributed by atoms with van der Waals surface area (Å²) >= 11 is 0. The predicted octanol–water partition coefficient (Wildman–Crippen LogP) is 0.764. The van der Waals surface area contributed by atoms with E-state index in [2.05, 4.69) is 9.80 Å². The Balaban J connectivity index is 1.76. The van der Waals surface area contributed by atoms with Crippen molar-refractivity contribution in [3.63, 3.8) is 0 Å². The van der Waals surface area contributed by atoms with E-state index < -0.39 is 9.84 Å². The second kappa shape index (κ2) is 7.57. The van der Waals surface area contributed by atoms with Crippen LogP contribution in [-0.2, 0) is 21.1 Å². The zero-order chi connectivity index (χ0) is 18.0. The standard InChI is InChI=1S/C17H25FN2O4S/c1-23-8-7-19-5-6-20(17-12-25(21,22)11-16(17)19)10-13-3-4-14(24-2)9-15(13)18/h3-4,9,16-17H,5-8,10-12H2,1-2H3/t16-,17+/m1/s1. The molecule has 2 aliphatic rings. The van der Waals surface area contributed by atoms with Crippen LogP contribution >= 0.6 is 0 Å². The lowest BCUT2D eigenvalue weighted by molar-refractivity contribution is 0.0248. The molecule has 0 spiro atoms. The van der Waals surface area contributed by atoms with Crippen LogP contribution < -0.4 is 4.74 Å². The fourth-order valence-corrected chi connectivity index (χ4v) is 5.82. The van der Waals surface area contributed by atoms with Crippen molar-refractivity contribution in [1.82, 2.24) is 9.80 Å². The smallest absolute Gasteiger partial charge is 0.153 e. The number of rotatable bonds is 6. The summed E-state index contributed by atoms with van der Waals surface area (Å²) in [6.45, 7) is 3.18. The molecule has 0 bridgehead atoms. The van der Waals surface area contributed by atoms with Crippen molar-refractivity contribution >= 4 is 9.84 Å². The molecule has 0 aromatic heterocycles. The van der Waals surface area contributed by atoms with Gasteiger partial charge in [-0.25, -0.2) is 12.8 Å². The molecule has 0 saturated carbocycles. The summed E-state index contributed by atoms with van der Waals surface area (Å²) in [6.07, 6.45) is 0. The lowest BCUT2D eigenvalue weighted by atomic mass is 10.0. The van der Waals surface area contributed by atoms with Gasteiger partial charge in [0.05, 0.1) is 25.2 Å². The summed E-state index contributed by atoms with van der Waals surface area (Å²) in [5.41, 5.74) is 0.564. The molecule has 2 aliphatic heterocycles. The Morgan fingerprint density at radius 2 is 1.84 bits per heavy atom. The topological polar surface area (TPSA) is 59.1 Å². The van der Waals surface area contributed by atoms with Gasteiger partial charge in [0.25, 0.3) is 0 Å². The van der Waals surface area contributed by atoms with E-state index in [1.165, 1.54) is 13.2 Å². The Labute approximate surface area is 148 Å². The first-order valence-corrected chi connectivity index (χ1v) is 10.3. The van der Waals surface area contributed by atoms with E-state index in [9.17, 15) is 12.8 Å². The molecule has 0 unspecified atom stereocenters. The summed E-state index contributed by atoms with van der Waals surface area (Å²) in [5, 5.41) is 0. The average Bonchev–Trinajstić information content (AvgIpc) is 2.91. The van der Waals surface area contributed by atoms with Gasteiger partial charge >= 0.3 is 0 Å². The first-order valence-electron chi connectivity index (χ1n) is 8.43. The van der Waals surface area contributed by atoms with Crippen molar-refractivity contribution < 1.29 is 22.3 Å². The maximum absolute atomic E-state index is 14.3. The molecular formula is C17H25FN2O4S. The third-order valence-corrected chi connectivity index (χ3v) is 6.82. The first-order chi connectivity index (χ1) is 11.9. The van der Waals surface area contributed by atoms with Crippen LogP contribution in [0.5, 0.6) is 5.75 Å². The van der Waals surface area contributed by atoms with Gasteiger partial charge in [-0.3, -0.25) is 9.80 Å². The monoisotopic (exact) mass is 372 g/mol.